The molecule has 1 fully saturated rings. The van der Waals surface area contributed by atoms with Crippen molar-refractivity contribution in [2.45, 2.75) is 19.4 Å². The van der Waals surface area contributed by atoms with Crippen LogP contribution in [0.3, 0.4) is 0 Å². The van der Waals surface area contributed by atoms with Gasteiger partial charge < -0.3 is 9.47 Å². The summed E-state index contributed by atoms with van der Waals surface area (Å²) in [5.41, 5.74) is 3.73. The molecule has 3 aromatic heterocycles. The number of rotatable bonds is 4. The molecule has 9 heteroatoms. The summed E-state index contributed by atoms with van der Waals surface area (Å²) in [6.45, 7) is 10.1. The summed E-state index contributed by atoms with van der Waals surface area (Å²) in [5.74, 6) is -0.551. The van der Waals surface area contributed by atoms with Crippen LogP contribution >= 0.6 is 0 Å². The number of imidazole rings is 1. The van der Waals surface area contributed by atoms with Gasteiger partial charge in [0.2, 0.25) is 5.69 Å². The van der Waals surface area contributed by atoms with E-state index in [4.69, 9.17) is 16.5 Å². The summed E-state index contributed by atoms with van der Waals surface area (Å²) in [4.78, 5) is 15.0. The van der Waals surface area contributed by atoms with E-state index in [-0.39, 0.29) is 11.3 Å². The lowest BCUT2D eigenvalue weighted by Crippen LogP contribution is -2.31. The standard InChI is InChI=1S/C28H25F2N7/c1-31-22-6-4-18(12-21(22)29)25-27(19-5-7-23-20(26(19)30)13-34-36(23)3)32-14-24-28(25)33-16-37(24)15-17-8-10-35(2)11-9-17/h4-7,12-14,16-17H,8-11,15H2,2-3H3. The Labute approximate surface area is 212 Å². The van der Waals surface area contributed by atoms with Crippen LogP contribution in [-0.2, 0) is 13.6 Å². The lowest BCUT2D eigenvalue weighted by molar-refractivity contribution is 0.206. The quantitative estimate of drug-likeness (QED) is 0.294. The largest absolute Gasteiger partial charge is 0.329 e. The van der Waals surface area contributed by atoms with Gasteiger partial charge in [0.25, 0.3) is 0 Å². The monoisotopic (exact) mass is 497 g/mol. The van der Waals surface area contributed by atoms with Crippen molar-refractivity contribution in [1.82, 2.24) is 29.2 Å². The summed E-state index contributed by atoms with van der Waals surface area (Å²) >= 11 is 0. The van der Waals surface area contributed by atoms with E-state index in [0.717, 1.165) is 38.0 Å². The van der Waals surface area contributed by atoms with Crippen molar-refractivity contribution in [2.75, 3.05) is 20.1 Å². The van der Waals surface area contributed by atoms with E-state index < -0.39 is 11.6 Å². The predicted octanol–water partition coefficient (Wildman–Crippen LogP) is 5.82. The number of fused-ring (bicyclic) bond motifs is 2. The highest BCUT2D eigenvalue weighted by molar-refractivity contribution is 6.00. The molecular weight excluding hydrogens is 472 g/mol. The average molecular weight is 498 g/mol. The van der Waals surface area contributed by atoms with Gasteiger partial charge in [0.15, 0.2) is 0 Å². The van der Waals surface area contributed by atoms with Gasteiger partial charge in [-0.15, -0.1) is 0 Å². The molecule has 0 aliphatic carbocycles. The molecule has 4 heterocycles. The second kappa shape index (κ2) is 9.05. The summed E-state index contributed by atoms with van der Waals surface area (Å²) in [7, 11) is 3.90. The molecule has 0 spiro atoms. The summed E-state index contributed by atoms with van der Waals surface area (Å²) in [5, 5.41) is 4.56. The summed E-state index contributed by atoms with van der Waals surface area (Å²) < 4.78 is 34.2. The second-order valence-electron chi connectivity index (χ2n) is 9.77. The fraction of sp³-hybridized carbons (Fsp3) is 0.286. The number of halogens is 2. The lowest BCUT2D eigenvalue weighted by atomic mass is 9.96. The minimum Gasteiger partial charge on any atom is -0.329 e. The third-order valence-electron chi connectivity index (χ3n) is 7.44. The van der Waals surface area contributed by atoms with Crippen molar-refractivity contribution in [3.8, 4) is 22.4 Å². The fourth-order valence-corrected chi connectivity index (χ4v) is 5.30. The number of hydrogen-bond donors (Lipinski definition) is 0. The van der Waals surface area contributed by atoms with Crippen LogP contribution < -0.4 is 0 Å². The van der Waals surface area contributed by atoms with Gasteiger partial charge in [-0.05, 0) is 62.7 Å². The number of likely N-dealkylation sites (tertiary alicyclic amines) is 1. The van der Waals surface area contributed by atoms with Crippen LogP contribution in [0.1, 0.15) is 12.8 Å². The molecule has 0 N–H and O–H groups in total. The molecule has 7 nitrogen and oxygen atoms in total. The van der Waals surface area contributed by atoms with Gasteiger partial charge in [-0.1, -0.05) is 12.1 Å². The van der Waals surface area contributed by atoms with Crippen LogP contribution in [0.15, 0.2) is 49.1 Å². The summed E-state index contributed by atoms with van der Waals surface area (Å²) in [6.07, 6.45) is 7.23. The minimum atomic E-state index is -0.635. The van der Waals surface area contributed by atoms with Crippen LogP contribution in [0.25, 0.3) is 49.2 Å². The third-order valence-corrected chi connectivity index (χ3v) is 7.44. The molecule has 0 atom stereocenters. The maximum absolute atomic E-state index is 15.8. The molecule has 0 bridgehead atoms. The number of hydrogen-bond acceptors (Lipinski definition) is 4. The van der Waals surface area contributed by atoms with Crippen molar-refractivity contribution < 1.29 is 8.78 Å². The van der Waals surface area contributed by atoms with E-state index >= 15 is 4.39 Å². The number of piperidine rings is 1. The molecule has 0 unspecified atom stereocenters. The fourth-order valence-electron chi connectivity index (χ4n) is 5.30. The van der Waals surface area contributed by atoms with E-state index in [2.05, 4.69) is 26.5 Å². The molecule has 0 radical (unpaired) electrons. The smallest absolute Gasteiger partial charge is 0.222 e. The highest BCUT2D eigenvalue weighted by Crippen LogP contribution is 2.39. The van der Waals surface area contributed by atoms with Crippen molar-refractivity contribution in [1.29, 1.82) is 0 Å². The van der Waals surface area contributed by atoms with E-state index in [1.807, 2.05) is 0 Å². The molecule has 6 rings (SSSR count). The topological polar surface area (TPSA) is 56.1 Å². The van der Waals surface area contributed by atoms with Crippen LogP contribution in [0.4, 0.5) is 14.5 Å². The molecule has 0 amide bonds. The van der Waals surface area contributed by atoms with E-state index in [1.165, 1.54) is 18.3 Å². The molecular formula is C28H25F2N7. The molecule has 186 valence electrons. The van der Waals surface area contributed by atoms with E-state index in [9.17, 15) is 4.39 Å². The molecule has 1 saturated heterocycles. The van der Waals surface area contributed by atoms with Gasteiger partial charge in [0, 0.05) is 24.7 Å². The van der Waals surface area contributed by atoms with Gasteiger partial charge in [0.05, 0.1) is 47.4 Å². The Morgan fingerprint density at radius 1 is 1.03 bits per heavy atom. The molecule has 37 heavy (non-hydrogen) atoms. The predicted molar refractivity (Wildman–Crippen MR) is 139 cm³/mol. The van der Waals surface area contributed by atoms with Gasteiger partial charge >= 0.3 is 0 Å². The van der Waals surface area contributed by atoms with Crippen LogP contribution in [-0.4, -0.2) is 49.4 Å². The number of aromatic nitrogens is 5. The van der Waals surface area contributed by atoms with E-state index in [1.54, 1.807) is 42.5 Å². The zero-order valence-corrected chi connectivity index (χ0v) is 20.6. The molecule has 0 saturated carbocycles. The molecule has 5 aromatic rings. The Balaban J connectivity index is 1.54. The zero-order valence-electron chi connectivity index (χ0n) is 20.6. The Morgan fingerprint density at radius 3 is 2.59 bits per heavy atom. The van der Waals surface area contributed by atoms with Gasteiger partial charge in [-0.25, -0.2) is 18.6 Å². The van der Waals surface area contributed by atoms with Crippen LogP contribution in [0.5, 0.6) is 0 Å². The zero-order chi connectivity index (χ0) is 25.7. The van der Waals surface area contributed by atoms with Crippen LogP contribution in [0.2, 0.25) is 0 Å². The van der Waals surface area contributed by atoms with Crippen molar-refractivity contribution in [2.24, 2.45) is 13.0 Å². The first kappa shape index (κ1) is 23.3. The number of aryl methyl sites for hydroxylation is 1. The first-order valence-electron chi connectivity index (χ1n) is 12.2. The maximum Gasteiger partial charge on any atom is 0.222 e. The van der Waals surface area contributed by atoms with E-state index in [0.29, 0.717) is 39.2 Å². The first-order valence-corrected chi connectivity index (χ1v) is 12.2. The Kier molecular flexibility index (Phi) is 5.69. The van der Waals surface area contributed by atoms with Crippen molar-refractivity contribution in [3.05, 3.63) is 72.1 Å². The van der Waals surface area contributed by atoms with Crippen molar-refractivity contribution in [3.63, 3.8) is 0 Å². The third kappa shape index (κ3) is 3.94. The average Bonchev–Trinajstić information content (AvgIpc) is 3.49. The first-order chi connectivity index (χ1) is 17.9. The van der Waals surface area contributed by atoms with Crippen LogP contribution in [0, 0.1) is 24.1 Å². The molecule has 1 aliphatic rings. The normalized spacial score (nSPS) is 15.0. The Bertz CT molecular complexity index is 1690. The number of benzene rings is 2. The lowest BCUT2D eigenvalue weighted by Gasteiger charge is -2.29. The maximum atomic E-state index is 15.8. The molecule has 2 aromatic carbocycles. The van der Waals surface area contributed by atoms with Gasteiger partial charge in [0.1, 0.15) is 17.2 Å². The number of pyridine rings is 1. The minimum absolute atomic E-state index is 0.0683. The van der Waals surface area contributed by atoms with Gasteiger partial charge in [-0.3, -0.25) is 9.67 Å². The highest BCUT2D eigenvalue weighted by Gasteiger charge is 2.23. The number of nitrogens with zero attached hydrogens (tertiary/aromatic N) is 7. The molecule has 1 aliphatic heterocycles. The van der Waals surface area contributed by atoms with Gasteiger partial charge in [-0.2, -0.15) is 5.10 Å². The Hall–Kier alpha value is -4.16. The second-order valence-corrected chi connectivity index (χ2v) is 9.77. The summed E-state index contributed by atoms with van der Waals surface area (Å²) in [6, 6.07) is 7.90. The SMILES string of the molecule is [C-]#[N+]c1ccc(-c2c(-c3ccc4c(cnn4C)c3F)ncc3c2ncn3CC2CCN(C)CC2)cc1F. The highest BCUT2D eigenvalue weighted by atomic mass is 19.1. The van der Waals surface area contributed by atoms with Crippen molar-refractivity contribution >= 4 is 27.6 Å². The Morgan fingerprint density at radius 2 is 1.84 bits per heavy atom.